The quantitative estimate of drug-likeness (QED) is 0.685. The second-order valence-electron chi connectivity index (χ2n) is 5.35. The summed E-state index contributed by atoms with van der Waals surface area (Å²) in [5, 5.41) is 9.72. The fourth-order valence-corrected chi connectivity index (χ4v) is 2.60. The molecule has 2 unspecified atom stereocenters. The number of allylic oxidation sites excluding steroid dienone is 1. The number of hydrogen-bond donors (Lipinski definition) is 1. The molecule has 2 atom stereocenters. The zero-order chi connectivity index (χ0) is 10.8. The van der Waals surface area contributed by atoms with Crippen molar-refractivity contribution in [2.45, 2.75) is 59.0 Å². The molecule has 0 aliphatic heterocycles. The molecule has 1 saturated carbocycles. The van der Waals surface area contributed by atoms with E-state index in [1.54, 1.807) is 0 Å². The fraction of sp³-hybridized carbons (Fsp3) is 0.846. The van der Waals surface area contributed by atoms with Gasteiger partial charge in [0.25, 0.3) is 0 Å². The van der Waals surface area contributed by atoms with Gasteiger partial charge >= 0.3 is 0 Å². The summed E-state index contributed by atoms with van der Waals surface area (Å²) in [6.07, 6.45) is 5.32. The van der Waals surface area contributed by atoms with E-state index < -0.39 is 0 Å². The normalized spacial score (nSPS) is 28.9. The van der Waals surface area contributed by atoms with E-state index >= 15 is 0 Å². The smallest absolute Gasteiger partial charge is 0.0543 e. The molecule has 0 aromatic rings. The SMILES string of the molecule is C=C1CCCC(C)(C)C1CC(O)CC. The number of hydrogen-bond acceptors (Lipinski definition) is 1. The Balaban J connectivity index is 2.65. The van der Waals surface area contributed by atoms with Crippen LogP contribution in [0, 0.1) is 11.3 Å². The van der Waals surface area contributed by atoms with Crippen LogP contribution in [0.5, 0.6) is 0 Å². The first-order valence-electron chi connectivity index (χ1n) is 5.83. The summed E-state index contributed by atoms with van der Waals surface area (Å²) in [5.74, 6) is 0.520. The van der Waals surface area contributed by atoms with Crippen LogP contribution >= 0.6 is 0 Å². The number of rotatable bonds is 3. The molecule has 0 amide bonds. The Kier molecular flexibility index (Phi) is 3.77. The van der Waals surface area contributed by atoms with Gasteiger partial charge in [0, 0.05) is 0 Å². The van der Waals surface area contributed by atoms with Crippen LogP contribution in [0.4, 0.5) is 0 Å². The maximum Gasteiger partial charge on any atom is 0.0543 e. The van der Waals surface area contributed by atoms with Crippen molar-refractivity contribution in [3.63, 3.8) is 0 Å². The van der Waals surface area contributed by atoms with Crippen LogP contribution in [-0.4, -0.2) is 11.2 Å². The summed E-state index contributed by atoms with van der Waals surface area (Å²) in [6, 6.07) is 0. The molecule has 1 nitrogen and oxygen atoms in total. The average Bonchev–Trinajstić information content (AvgIpc) is 2.11. The highest BCUT2D eigenvalue weighted by molar-refractivity contribution is 5.09. The van der Waals surface area contributed by atoms with Crippen LogP contribution in [0.2, 0.25) is 0 Å². The maximum absolute atomic E-state index is 9.72. The highest BCUT2D eigenvalue weighted by Crippen LogP contribution is 2.45. The van der Waals surface area contributed by atoms with E-state index in [1.807, 2.05) is 6.92 Å². The summed E-state index contributed by atoms with van der Waals surface area (Å²) >= 11 is 0. The van der Waals surface area contributed by atoms with Crippen molar-refractivity contribution in [1.82, 2.24) is 0 Å². The van der Waals surface area contributed by atoms with Crippen molar-refractivity contribution in [2.24, 2.45) is 11.3 Å². The molecule has 1 N–H and O–H groups in total. The molecule has 0 bridgehead atoms. The minimum Gasteiger partial charge on any atom is -0.393 e. The second kappa shape index (κ2) is 4.48. The van der Waals surface area contributed by atoms with Crippen LogP contribution in [-0.2, 0) is 0 Å². The van der Waals surface area contributed by atoms with E-state index in [0.717, 1.165) is 19.3 Å². The van der Waals surface area contributed by atoms with Crippen LogP contribution in [0.1, 0.15) is 52.9 Å². The van der Waals surface area contributed by atoms with Crippen molar-refractivity contribution >= 4 is 0 Å². The van der Waals surface area contributed by atoms with Crippen molar-refractivity contribution in [2.75, 3.05) is 0 Å². The molecule has 0 spiro atoms. The summed E-state index contributed by atoms with van der Waals surface area (Å²) in [7, 11) is 0. The molecule has 14 heavy (non-hydrogen) atoms. The highest BCUT2D eigenvalue weighted by atomic mass is 16.3. The third-order valence-electron chi connectivity index (χ3n) is 3.73. The van der Waals surface area contributed by atoms with Gasteiger partial charge in [-0.15, -0.1) is 0 Å². The fourth-order valence-electron chi connectivity index (χ4n) is 2.60. The summed E-state index contributed by atoms with van der Waals surface area (Å²) in [4.78, 5) is 0. The predicted molar refractivity (Wildman–Crippen MR) is 61.2 cm³/mol. The van der Waals surface area contributed by atoms with E-state index in [2.05, 4.69) is 20.4 Å². The van der Waals surface area contributed by atoms with Gasteiger partial charge in [-0.05, 0) is 43.4 Å². The van der Waals surface area contributed by atoms with Crippen molar-refractivity contribution in [1.29, 1.82) is 0 Å². The monoisotopic (exact) mass is 196 g/mol. The first kappa shape index (κ1) is 11.8. The van der Waals surface area contributed by atoms with Crippen LogP contribution in [0.3, 0.4) is 0 Å². The van der Waals surface area contributed by atoms with E-state index in [9.17, 15) is 5.11 Å². The van der Waals surface area contributed by atoms with Gasteiger partial charge in [0.05, 0.1) is 6.10 Å². The summed E-state index contributed by atoms with van der Waals surface area (Å²) < 4.78 is 0. The Morgan fingerprint density at radius 2 is 2.21 bits per heavy atom. The number of aliphatic hydroxyl groups excluding tert-OH is 1. The molecule has 82 valence electrons. The van der Waals surface area contributed by atoms with E-state index in [-0.39, 0.29) is 6.10 Å². The molecule has 1 heteroatoms. The molecule has 0 saturated heterocycles. The maximum atomic E-state index is 9.72. The zero-order valence-electron chi connectivity index (χ0n) is 9.84. The summed E-state index contributed by atoms with van der Waals surface area (Å²) in [6.45, 7) is 10.8. The van der Waals surface area contributed by atoms with Gasteiger partial charge < -0.3 is 5.11 Å². The van der Waals surface area contributed by atoms with Gasteiger partial charge in [0.2, 0.25) is 0 Å². The minimum absolute atomic E-state index is 0.144. The van der Waals surface area contributed by atoms with Crippen LogP contribution in [0.25, 0.3) is 0 Å². The largest absolute Gasteiger partial charge is 0.393 e. The first-order chi connectivity index (χ1) is 6.47. The Morgan fingerprint density at radius 1 is 1.57 bits per heavy atom. The molecule has 0 aromatic heterocycles. The molecule has 0 radical (unpaired) electrons. The van der Waals surface area contributed by atoms with Crippen molar-refractivity contribution in [3.8, 4) is 0 Å². The third-order valence-corrected chi connectivity index (χ3v) is 3.73. The van der Waals surface area contributed by atoms with Crippen molar-refractivity contribution < 1.29 is 5.11 Å². The molecular formula is C13H24O. The third kappa shape index (κ3) is 2.60. The molecule has 0 aromatic carbocycles. The molecular weight excluding hydrogens is 172 g/mol. The van der Waals surface area contributed by atoms with Gasteiger partial charge in [0.15, 0.2) is 0 Å². The van der Waals surface area contributed by atoms with Gasteiger partial charge in [-0.1, -0.05) is 32.9 Å². The molecule has 1 aliphatic rings. The minimum atomic E-state index is -0.144. The summed E-state index contributed by atoms with van der Waals surface area (Å²) in [5.41, 5.74) is 1.69. The lowest BCUT2D eigenvalue weighted by atomic mass is 9.65. The van der Waals surface area contributed by atoms with E-state index in [4.69, 9.17) is 0 Å². The lowest BCUT2D eigenvalue weighted by molar-refractivity contribution is 0.0908. The van der Waals surface area contributed by atoms with Gasteiger partial charge in [0.1, 0.15) is 0 Å². The Labute approximate surface area is 88.2 Å². The Hall–Kier alpha value is -0.300. The lowest BCUT2D eigenvalue weighted by Crippen LogP contribution is -2.32. The van der Waals surface area contributed by atoms with Crippen molar-refractivity contribution in [3.05, 3.63) is 12.2 Å². The lowest BCUT2D eigenvalue weighted by Gasteiger charge is -2.41. The molecule has 1 aliphatic carbocycles. The Morgan fingerprint density at radius 3 is 2.71 bits per heavy atom. The zero-order valence-corrected chi connectivity index (χ0v) is 9.84. The standard InChI is InChI=1S/C13H24O/c1-5-11(14)9-12-10(2)7-6-8-13(12,3)4/h11-12,14H,2,5-9H2,1,3-4H3. The highest BCUT2D eigenvalue weighted by Gasteiger charge is 2.35. The molecule has 0 heterocycles. The second-order valence-corrected chi connectivity index (χ2v) is 5.35. The van der Waals surface area contributed by atoms with E-state index in [0.29, 0.717) is 11.3 Å². The van der Waals surface area contributed by atoms with E-state index in [1.165, 1.54) is 18.4 Å². The van der Waals surface area contributed by atoms with Gasteiger partial charge in [-0.2, -0.15) is 0 Å². The van der Waals surface area contributed by atoms with Crippen LogP contribution in [0.15, 0.2) is 12.2 Å². The topological polar surface area (TPSA) is 20.2 Å². The number of aliphatic hydroxyl groups is 1. The van der Waals surface area contributed by atoms with Gasteiger partial charge in [-0.25, -0.2) is 0 Å². The Bertz CT molecular complexity index is 205. The predicted octanol–water partition coefficient (Wildman–Crippen LogP) is 3.53. The van der Waals surface area contributed by atoms with Crippen LogP contribution < -0.4 is 0 Å². The molecule has 1 rings (SSSR count). The first-order valence-corrected chi connectivity index (χ1v) is 5.83. The molecule has 1 fully saturated rings. The average molecular weight is 196 g/mol. The van der Waals surface area contributed by atoms with Gasteiger partial charge in [-0.3, -0.25) is 0 Å².